The Kier molecular flexibility index (Phi) is 8.20. The monoisotopic (exact) mass is 530 g/mol. The van der Waals surface area contributed by atoms with Crippen molar-refractivity contribution >= 4 is 5.97 Å². The third kappa shape index (κ3) is 5.39. The van der Waals surface area contributed by atoms with E-state index < -0.39 is 17.5 Å². The summed E-state index contributed by atoms with van der Waals surface area (Å²) in [6.07, 6.45) is 9.17. The Morgan fingerprint density at radius 2 is 1.61 bits per heavy atom. The van der Waals surface area contributed by atoms with Gasteiger partial charge in [0.1, 0.15) is 6.10 Å². The van der Waals surface area contributed by atoms with Crippen LogP contribution in [-0.4, -0.2) is 18.7 Å². The number of hydrogen-bond acceptors (Lipinski definition) is 4. The fourth-order valence-corrected chi connectivity index (χ4v) is 6.47. The Hall–Kier alpha value is -2.70. The SMILES string of the molecule is CCCC1CCC(OC(=O)C2CCC(c3cc4c(c(F)c3F)Oc3c(ccc(OCC)c3F)C4)CC2)CC1. The highest BCUT2D eigenvalue weighted by atomic mass is 19.2. The lowest BCUT2D eigenvalue weighted by Crippen LogP contribution is -2.30. The number of carbonyl (C=O) groups is 1. The van der Waals surface area contributed by atoms with E-state index >= 15 is 8.78 Å². The zero-order chi connectivity index (χ0) is 26.8. The lowest BCUT2D eigenvalue weighted by atomic mass is 9.77. The fraction of sp³-hybridized carbons (Fsp3) is 0.581. The van der Waals surface area contributed by atoms with Crippen LogP contribution >= 0.6 is 0 Å². The van der Waals surface area contributed by atoms with Crippen molar-refractivity contribution in [3.8, 4) is 17.2 Å². The van der Waals surface area contributed by atoms with Gasteiger partial charge >= 0.3 is 5.97 Å². The number of halogens is 3. The Bertz CT molecular complexity index is 1160. The van der Waals surface area contributed by atoms with Crippen LogP contribution in [0.3, 0.4) is 0 Å². The maximum atomic E-state index is 15.2. The topological polar surface area (TPSA) is 44.8 Å². The van der Waals surface area contributed by atoms with Crippen LogP contribution in [0.5, 0.6) is 17.2 Å². The van der Waals surface area contributed by atoms with Gasteiger partial charge in [0.05, 0.1) is 12.5 Å². The van der Waals surface area contributed by atoms with E-state index in [2.05, 4.69) is 6.92 Å². The van der Waals surface area contributed by atoms with Crippen LogP contribution in [0.25, 0.3) is 0 Å². The summed E-state index contributed by atoms with van der Waals surface area (Å²) in [7, 11) is 0. The van der Waals surface area contributed by atoms with Gasteiger partial charge < -0.3 is 14.2 Å². The van der Waals surface area contributed by atoms with Crippen molar-refractivity contribution in [1.29, 1.82) is 0 Å². The zero-order valence-electron chi connectivity index (χ0n) is 22.3. The molecule has 2 fully saturated rings. The van der Waals surface area contributed by atoms with E-state index in [1.54, 1.807) is 19.1 Å². The van der Waals surface area contributed by atoms with E-state index in [-0.39, 0.29) is 54.2 Å². The molecule has 2 aromatic carbocycles. The normalized spacial score (nSPS) is 24.7. The summed E-state index contributed by atoms with van der Waals surface area (Å²) in [5.74, 6) is -2.90. The molecule has 0 bridgehead atoms. The molecular weight excluding hydrogens is 493 g/mol. The van der Waals surface area contributed by atoms with Crippen LogP contribution in [0.1, 0.15) is 101 Å². The molecule has 0 saturated heterocycles. The van der Waals surface area contributed by atoms with Gasteiger partial charge in [0.15, 0.2) is 23.1 Å². The average molecular weight is 531 g/mol. The second-order valence-corrected chi connectivity index (χ2v) is 11.1. The predicted octanol–water partition coefficient (Wildman–Crippen LogP) is 8.38. The van der Waals surface area contributed by atoms with E-state index in [4.69, 9.17) is 14.2 Å². The molecule has 2 aliphatic carbocycles. The maximum Gasteiger partial charge on any atom is 0.309 e. The van der Waals surface area contributed by atoms with E-state index in [0.29, 0.717) is 42.4 Å². The van der Waals surface area contributed by atoms with Gasteiger partial charge in [-0.1, -0.05) is 25.8 Å². The third-order valence-electron chi connectivity index (χ3n) is 8.57. The molecule has 2 aromatic rings. The molecule has 3 aliphatic rings. The van der Waals surface area contributed by atoms with Crippen LogP contribution < -0.4 is 9.47 Å². The molecule has 5 rings (SSSR count). The van der Waals surface area contributed by atoms with Crippen molar-refractivity contribution in [3.05, 3.63) is 52.3 Å². The highest BCUT2D eigenvalue weighted by Gasteiger charge is 2.35. The van der Waals surface area contributed by atoms with Crippen molar-refractivity contribution in [1.82, 2.24) is 0 Å². The van der Waals surface area contributed by atoms with E-state index in [0.717, 1.165) is 31.6 Å². The zero-order valence-corrected chi connectivity index (χ0v) is 22.3. The van der Waals surface area contributed by atoms with Gasteiger partial charge in [0.2, 0.25) is 11.6 Å². The molecule has 1 heterocycles. The summed E-state index contributed by atoms with van der Waals surface area (Å²) in [5.41, 5.74) is 1.36. The van der Waals surface area contributed by atoms with E-state index in [1.165, 1.54) is 18.9 Å². The first-order valence-electron chi connectivity index (χ1n) is 14.2. The third-order valence-corrected chi connectivity index (χ3v) is 8.57. The van der Waals surface area contributed by atoms with Gasteiger partial charge in [-0.05, 0) is 87.8 Å². The summed E-state index contributed by atoms with van der Waals surface area (Å²) in [5, 5.41) is 0. The molecule has 0 aromatic heterocycles. The summed E-state index contributed by atoms with van der Waals surface area (Å²) in [4.78, 5) is 12.8. The largest absolute Gasteiger partial charge is 0.491 e. The molecule has 0 amide bonds. The summed E-state index contributed by atoms with van der Waals surface area (Å²) in [6.45, 7) is 4.22. The summed E-state index contributed by atoms with van der Waals surface area (Å²) < 4.78 is 61.9. The molecule has 7 heteroatoms. The number of ether oxygens (including phenoxy) is 3. The summed E-state index contributed by atoms with van der Waals surface area (Å²) >= 11 is 0. The van der Waals surface area contributed by atoms with Crippen LogP contribution in [0, 0.1) is 29.3 Å². The van der Waals surface area contributed by atoms with E-state index in [1.807, 2.05) is 0 Å². The highest BCUT2D eigenvalue weighted by molar-refractivity contribution is 5.72. The van der Waals surface area contributed by atoms with Crippen LogP contribution in [0.4, 0.5) is 13.2 Å². The number of hydrogen-bond donors (Lipinski definition) is 0. The van der Waals surface area contributed by atoms with Gasteiger partial charge in [-0.25, -0.2) is 4.39 Å². The quantitative estimate of drug-likeness (QED) is 0.288. The predicted molar refractivity (Wildman–Crippen MR) is 138 cm³/mol. The lowest BCUT2D eigenvalue weighted by Gasteiger charge is -2.32. The molecule has 4 nitrogen and oxygen atoms in total. The minimum Gasteiger partial charge on any atom is -0.491 e. The molecule has 0 radical (unpaired) electrons. The average Bonchev–Trinajstić information content (AvgIpc) is 2.93. The number of fused-ring (bicyclic) bond motifs is 2. The van der Waals surface area contributed by atoms with Gasteiger partial charge in [0, 0.05) is 17.5 Å². The molecule has 1 aliphatic heterocycles. The Morgan fingerprint density at radius 3 is 2.29 bits per heavy atom. The van der Waals surface area contributed by atoms with Crippen LogP contribution in [0.15, 0.2) is 18.2 Å². The smallest absolute Gasteiger partial charge is 0.309 e. The first-order valence-corrected chi connectivity index (χ1v) is 14.2. The second kappa shape index (κ2) is 11.6. The molecule has 206 valence electrons. The maximum absolute atomic E-state index is 15.2. The number of benzene rings is 2. The van der Waals surface area contributed by atoms with Crippen LogP contribution in [0.2, 0.25) is 0 Å². The van der Waals surface area contributed by atoms with Gasteiger partial charge in [-0.3, -0.25) is 4.79 Å². The van der Waals surface area contributed by atoms with Gasteiger partial charge in [-0.2, -0.15) is 8.78 Å². The molecule has 0 spiro atoms. The molecule has 0 N–H and O–H groups in total. The van der Waals surface area contributed by atoms with Crippen molar-refractivity contribution in [2.24, 2.45) is 11.8 Å². The first kappa shape index (κ1) is 26.9. The van der Waals surface area contributed by atoms with Gasteiger partial charge in [-0.15, -0.1) is 0 Å². The molecular formula is C31H37F3O4. The van der Waals surface area contributed by atoms with Crippen LogP contribution in [-0.2, 0) is 16.0 Å². The Labute approximate surface area is 222 Å². The number of rotatable bonds is 7. The fourth-order valence-electron chi connectivity index (χ4n) is 6.47. The second-order valence-electron chi connectivity index (χ2n) is 11.1. The van der Waals surface area contributed by atoms with Gasteiger partial charge in [0.25, 0.3) is 0 Å². The Balaban J connectivity index is 1.23. The molecule has 0 unspecified atom stereocenters. The van der Waals surface area contributed by atoms with Crippen molar-refractivity contribution < 1.29 is 32.2 Å². The number of esters is 1. The first-order chi connectivity index (χ1) is 18.4. The summed E-state index contributed by atoms with van der Waals surface area (Å²) in [6, 6.07) is 4.88. The van der Waals surface area contributed by atoms with Crippen molar-refractivity contribution in [2.75, 3.05) is 6.61 Å². The van der Waals surface area contributed by atoms with Crippen molar-refractivity contribution in [3.63, 3.8) is 0 Å². The van der Waals surface area contributed by atoms with Crippen molar-refractivity contribution in [2.45, 2.75) is 96.5 Å². The standard InChI is InChI=1S/C31H37F3O4/c1-3-5-18-6-13-23(14-7-18)37-31(35)20-10-8-19(9-11-20)24-17-22-16-21-12-15-25(36-4-2)27(33)29(21)38-30(22)28(34)26(24)32/h12,15,17-20,23H,3-11,13-14,16H2,1-2H3. The molecule has 0 atom stereocenters. The van der Waals surface area contributed by atoms with E-state index in [9.17, 15) is 9.18 Å². The number of carbonyl (C=O) groups excluding carboxylic acids is 1. The minimum absolute atomic E-state index is 0.0119. The lowest BCUT2D eigenvalue weighted by molar-refractivity contribution is -0.157. The molecule has 38 heavy (non-hydrogen) atoms. The molecule has 2 saturated carbocycles. The minimum atomic E-state index is -1.09. The highest BCUT2D eigenvalue weighted by Crippen LogP contribution is 2.46. The Morgan fingerprint density at radius 1 is 0.895 bits per heavy atom.